The monoisotopic (exact) mass is 193 g/mol. The normalized spacial score (nSPS) is 11.2. The van der Waals surface area contributed by atoms with Crippen LogP contribution in [-0.4, -0.2) is 27.2 Å². The highest BCUT2D eigenvalue weighted by Gasteiger charge is 2.08. The van der Waals surface area contributed by atoms with Crippen molar-refractivity contribution in [1.29, 1.82) is 0 Å². The summed E-state index contributed by atoms with van der Waals surface area (Å²) in [6.45, 7) is 0. The lowest BCUT2D eigenvalue weighted by Crippen LogP contribution is -2.07. The van der Waals surface area contributed by atoms with Crippen molar-refractivity contribution in [3.05, 3.63) is 0 Å². The lowest BCUT2D eigenvalue weighted by molar-refractivity contribution is -0.140. The Kier molecular flexibility index (Phi) is 5.03. The van der Waals surface area contributed by atoms with Gasteiger partial charge < -0.3 is 10.3 Å². The molecule has 0 bridgehead atoms. The van der Waals surface area contributed by atoms with Crippen LogP contribution >= 0.6 is 11.6 Å². The molecule has 0 aliphatic heterocycles. The van der Waals surface area contributed by atoms with E-state index in [-0.39, 0.29) is 18.0 Å². The van der Waals surface area contributed by atoms with Gasteiger partial charge in [0.1, 0.15) is 17.4 Å². The number of rotatable bonds is 5. The summed E-state index contributed by atoms with van der Waals surface area (Å²) in [6, 6.07) is 0. The number of halogens is 1. The maximum atomic E-state index is 10.7. The Hall–Kier alpha value is -1.10. The van der Waals surface area contributed by atoms with Crippen LogP contribution in [0.5, 0.6) is 0 Å². The van der Waals surface area contributed by atoms with Crippen molar-refractivity contribution >= 4 is 28.5 Å². The number of carbonyl (C=O) groups is 2. The summed E-state index contributed by atoms with van der Waals surface area (Å²) in [5.41, 5.74) is 0. The molecule has 0 amide bonds. The molecule has 0 aromatic heterocycles. The lowest BCUT2D eigenvalue weighted by Gasteiger charge is -1.94. The van der Waals surface area contributed by atoms with Crippen LogP contribution in [0.4, 0.5) is 0 Å². The highest BCUT2D eigenvalue weighted by Crippen LogP contribution is 2.00. The summed E-state index contributed by atoms with van der Waals surface area (Å²) in [5.74, 6) is -1.61. The van der Waals surface area contributed by atoms with Gasteiger partial charge in [-0.1, -0.05) is 16.8 Å². The van der Waals surface area contributed by atoms with Crippen molar-refractivity contribution < 1.29 is 19.9 Å². The van der Waals surface area contributed by atoms with E-state index < -0.39 is 18.2 Å². The predicted molar refractivity (Wildman–Crippen MR) is 41.6 cm³/mol. The zero-order valence-electron chi connectivity index (χ0n) is 6.16. The van der Waals surface area contributed by atoms with Crippen molar-refractivity contribution in [3.63, 3.8) is 0 Å². The van der Waals surface area contributed by atoms with Gasteiger partial charge in [-0.05, 0) is 0 Å². The molecule has 5 nitrogen and oxygen atoms in total. The van der Waals surface area contributed by atoms with E-state index in [0.29, 0.717) is 0 Å². The van der Waals surface area contributed by atoms with Crippen molar-refractivity contribution in [2.45, 2.75) is 19.3 Å². The average Bonchev–Trinajstić information content (AvgIpc) is 1.99. The fourth-order valence-electron chi connectivity index (χ4n) is 0.550. The predicted octanol–water partition coefficient (Wildman–Crippen LogP) is 0.837. The second-order valence-electron chi connectivity index (χ2n) is 2.09. The molecule has 0 rings (SSSR count). The number of hydrogen-bond donors (Lipinski definition) is 2. The summed E-state index contributed by atoms with van der Waals surface area (Å²) in [7, 11) is 0. The van der Waals surface area contributed by atoms with Crippen LogP contribution in [0.3, 0.4) is 0 Å². The number of carboxylic acid groups (broad SMARTS) is 1. The number of Topliss-reactive ketones (excluding diaryl/α,β-unsaturated/α-hetero) is 1. The van der Waals surface area contributed by atoms with Crippen LogP contribution in [0.2, 0.25) is 0 Å². The van der Waals surface area contributed by atoms with E-state index in [1.807, 2.05) is 0 Å². The summed E-state index contributed by atoms with van der Waals surface area (Å²) >= 11 is 5.25. The van der Waals surface area contributed by atoms with Crippen LogP contribution in [0.15, 0.2) is 5.16 Å². The number of ketones is 1. The second-order valence-corrected chi connectivity index (χ2v) is 2.52. The Morgan fingerprint density at radius 3 is 2.33 bits per heavy atom. The Morgan fingerprint density at radius 2 is 1.92 bits per heavy atom. The molecule has 12 heavy (non-hydrogen) atoms. The van der Waals surface area contributed by atoms with Gasteiger partial charge in [-0.25, -0.2) is 0 Å². The number of oxime groups is 1. The minimum Gasteiger partial charge on any atom is -0.481 e. The molecule has 0 saturated heterocycles. The van der Waals surface area contributed by atoms with Crippen molar-refractivity contribution in [2.75, 3.05) is 0 Å². The molecule has 68 valence electrons. The molecule has 0 aliphatic rings. The quantitative estimate of drug-likeness (QED) is 0.293. The standard InChI is InChI=1S/C6H8ClNO4/c7-5(8-12)2-1-4(9)3-6(10)11/h12H,1-3H2,(H,10,11). The largest absolute Gasteiger partial charge is 0.481 e. The molecule has 0 aromatic rings. The topological polar surface area (TPSA) is 87.0 Å². The summed E-state index contributed by atoms with van der Waals surface area (Å²) in [6.07, 6.45) is -0.463. The lowest BCUT2D eigenvalue weighted by atomic mass is 10.2. The van der Waals surface area contributed by atoms with E-state index in [9.17, 15) is 9.59 Å². The zero-order valence-corrected chi connectivity index (χ0v) is 6.91. The first-order valence-electron chi connectivity index (χ1n) is 3.16. The van der Waals surface area contributed by atoms with Gasteiger partial charge in [-0.15, -0.1) is 0 Å². The van der Waals surface area contributed by atoms with Gasteiger partial charge >= 0.3 is 5.97 Å². The first-order chi connectivity index (χ1) is 5.56. The molecule has 0 aromatic carbocycles. The molecule has 6 heteroatoms. The van der Waals surface area contributed by atoms with Gasteiger partial charge in [-0.3, -0.25) is 9.59 Å². The number of carbonyl (C=O) groups excluding carboxylic acids is 1. The highest BCUT2D eigenvalue weighted by atomic mass is 35.5. The molecule has 0 unspecified atom stereocenters. The Labute approximate surface area is 73.6 Å². The van der Waals surface area contributed by atoms with Crippen molar-refractivity contribution in [3.8, 4) is 0 Å². The maximum Gasteiger partial charge on any atom is 0.310 e. The molecule has 0 atom stereocenters. The van der Waals surface area contributed by atoms with E-state index in [2.05, 4.69) is 5.16 Å². The Bertz CT molecular complexity index is 214. The molecule has 0 spiro atoms. The van der Waals surface area contributed by atoms with Crippen LogP contribution in [0.25, 0.3) is 0 Å². The Balaban J connectivity index is 3.65. The SMILES string of the molecule is O=C(O)CC(=O)CCC(Cl)=NO. The van der Waals surface area contributed by atoms with Gasteiger partial charge in [0.05, 0.1) is 0 Å². The minimum atomic E-state index is -1.17. The molecule has 0 heterocycles. The van der Waals surface area contributed by atoms with E-state index in [0.717, 1.165) is 0 Å². The average molecular weight is 194 g/mol. The summed E-state index contributed by atoms with van der Waals surface area (Å²) in [5, 5.41) is 18.7. The van der Waals surface area contributed by atoms with E-state index in [1.165, 1.54) is 0 Å². The summed E-state index contributed by atoms with van der Waals surface area (Å²) in [4.78, 5) is 20.7. The van der Waals surface area contributed by atoms with E-state index >= 15 is 0 Å². The fourth-order valence-corrected chi connectivity index (χ4v) is 0.644. The molecular formula is C6H8ClNO4. The van der Waals surface area contributed by atoms with Gasteiger partial charge in [0.15, 0.2) is 0 Å². The van der Waals surface area contributed by atoms with Crippen LogP contribution in [0.1, 0.15) is 19.3 Å². The van der Waals surface area contributed by atoms with Gasteiger partial charge in [0, 0.05) is 12.8 Å². The fraction of sp³-hybridized carbons (Fsp3) is 0.500. The van der Waals surface area contributed by atoms with Gasteiger partial charge in [0.25, 0.3) is 0 Å². The number of aliphatic carboxylic acids is 1. The second kappa shape index (κ2) is 5.54. The third-order valence-corrected chi connectivity index (χ3v) is 1.33. The van der Waals surface area contributed by atoms with Crippen LogP contribution in [0, 0.1) is 0 Å². The van der Waals surface area contributed by atoms with Crippen molar-refractivity contribution in [2.24, 2.45) is 5.16 Å². The number of nitrogens with zero attached hydrogens (tertiary/aromatic N) is 1. The van der Waals surface area contributed by atoms with Gasteiger partial charge in [-0.2, -0.15) is 0 Å². The van der Waals surface area contributed by atoms with Gasteiger partial charge in [0.2, 0.25) is 0 Å². The van der Waals surface area contributed by atoms with Crippen molar-refractivity contribution in [1.82, 2.24) is 0 Å². The Morgan fingerprint density at radius 1 is 1.33 bits per heavy atom. The maximum absolute atomic E-state index is 10.7. The van der Waals surface area contributed by atoms with Crippen LogP contribution in [-0.2, 0) is 9.59 Å². The molecule has 0 aliphatic carbocycles. The zero-order chi connectivity index (χ0) is 9.56. The third kappa shape index (κ3) is 5.67. The van der Waals surface area contributed by atoms with Crippen LogP contribution < -0.4 is 0 Å². The highest BCUT2D eigenvalue weighted by molar-refractivity contribution is 6.65. The molecule has 0 radical (unpaired) electrons. The first kappa shape index (κ1) is 10.9. The molecule has 0 fully saturated rings. The first-order valence-corrected chi connectivity index (χ1v) is 3.54. The molecule has 2 N–H and O–H groups in total. The number of carboxylic acids is 1. The minimum absolute atomic E-state index is 0.0187. The molecular weight excluding hydrogens is 186 g/mol. The number of hydrogen-bond acceptors (Lipinski definition) is 4. The molecule has 0 saturated carbocycles. The smallest absolute Gasteiger partial charge is 0.310 e. The third-order valence-electron chi connectivity index (χ3n) is 1.07. The summed E-state index contributed by atoms with van der Waals surface area (Å²) < 4.78 is 0. The van der Waals surface area contributed by atoms with E-state index in [4.69, 9.17) is 21.9 Å². The van der Waals surface area contributed by atoms with E-state index in [1.54, 1.807) is 0 Å².